The van der Waals surface area contributed by atoms with Crippen molar-refractivity contribution >= 4 is 16.6 Å². The number of anilines is 1. The van der Waals surface area contributed by atoms with E-state index in [9.17, 15) is 5.11 Å². The molecule has 0 aliphatic carbocycles. The number of aliphatic hydroxyl groups excluding tert-OH is 1. The third kappa shape index (κ3) is 2.01. The maximum absolute atomic E-state index is 9.46. The molecule has 0 saturated heterocycles. The first-order chi connectivity index (χ1) is 9.61. The Hall–Kier alpha value is -1.79. The summed E-state index contributed by atoms with van der Waals surface area (Å²) in [5.41, 5.74) is 7.89. The molecule has 0 spiro atoms. The topological polar surface area (TPSA) is 76.5 Å². The Morgan fingerprint density at radius 2 is 2.35 bits per heavy atom. The number of fused-ring (bicyclic) bond motifs is 3. The summed E-state index contributed by atoms with van der Waals surface area (Å²) in [6.45, 7) is 3.16. The van der Waals surface area contributed by atoms with E-state index in [-0.39, 0.29) is 18.7 Å². The first-order valence-electron chi connectivity index (χ1n) is 6.82. The summed E-state index contributed by atoms with van der Waals surface area (Å²) in [4.78, 5) is 2.07. The van der Waals surface area contributed by atoms with Gasteiger partial charge < -0.3 is 20.5 Å². The van der Waals surface area contributed by atoms with Crippen LogP contribution in [0.25, 0.3) is 10.9 Å². The molecule has 0 fully saturated rings. The summed E-state index contributed by atoms with van der Waals surface area (Å²) >= 11 is 0. The molecular weight excluding hydrogens is 256 g/mol. The van der Waals surface area contributed by atoms with Gasteiger partial charge >= 0.3 is 0 Å². The molecule has 2 atom stereocenters. The summed E-state index contributed by atoms with van der Waals surface area (Å²) in [5, 5.41) is 14.9. The number of ether oxygens (including phenoxy) is 1. The van der Waals surface area contributed by atoms with Crippen LogP contribution in [0.5, 0.6) is 5.75 Å². The lowest BCUT2D eigenvalue weighted by Crippen LogP contribution is -2.43. The van der Waals surface area contributed by atoms with Crippen LogP contribution in [0.1, 0.15) is 6.92 Å². The number of aliphatic hydroxyl groups is 1. The lowest BCUT2D eigenvalue weighted by Gasteiger charge is -2.35. The molecular formula is C14H20N4O2. The molecule has 1 aromatic carbocycles. The van der Waals surface area contributed by atoms with Gasteiger partial charge in [0.25, 0.3) is 0 Å². The summed E-state index contributed by atoms with van der Waals surface area (Å²) < 4.78 is 7.68. The van der Waals surface area contributed by atoms with Crippen LogP contribution in [0.3, 0.4) is 0 Å². The Labute approximate surface area is 117 Å². The third-order valence-electron chi connectivity index (χ3n) is 3.74. The third-order valence-corrected chi connectivity index (χ3v) is 3.74. The predicted octanol–water partition coefficient (Wildman–Crippen LogP) is 0.573. The highest BCUT2D eigenvalue weighted by molar-refractivity contribution is 5.95. The normalized spacial score (nSPS) is 19.8. The van der Waals surface area contributed by atoms with Crippen molar-refractivity contribution in [3.8, 4) is 5.75 Å². The second-order valence-electron chi connectivity index (χ2n) is 5.41. The van der Waals surface area contributed by atoms with Gasteiger partial charge in [0.05, 0.1) is 30.9 Å². The molecule has 6 heteroatoms. The number of nitrogens with two attached hydrogens (primary N) is 1. The van der Waals surface area contributed by atoms with Crippen LogP contribution in [0.2, 0.25) is 0 Å². The minimum atomic E-state index is -0.0354. The fourth-order valence-electron chi connectivity index (χ4n) is 2.67. The highest BCUT2D eigenvalue weighted by Gasteiger charge is 2.27. The smallest absolute Gasteiger partial charge is 0.144 e. The molecule has 3 N–H and O–H groups in total. The quantitative estimate of drug-likeness (QED) is 0.857. The SMILES string of the molecule is CC(N)Cn1ncc2ccc3c(c21)N(C)C(CO)CO3. The van der Waals surface area contributed by atoms with Crippen molar-refractivity contribution in [3.63, 3.8) is 0 Å². The van der Waals surface area contributed by atoms with Crippen molar-refractivity contribution in [1.29, 1.82) is 0 Å². The summed E-state index contributed by atoms with van der Waals surface area (Å²) in [5.74, 6) is 0.830. The predicted molar refractivity (Wildman–Crippen MR) is 78.2 cm³/mol. The maximum atomic E-state index is 9.46. The first-order valence-corrected chi connectivity index (χ1v) is 6.82. The zero-order valence-electron chi connectivity index (χ0n) is 11.8. The minimum Gasteiger partial charge on any atom is -0.489 e. The number of hydrogen-bond acceptors (Lipinski definition) is 5. The Bertz CT molecular complexity index is 623. The molecule has 0 amide bonds. The largest absolute Gasteiger partial charge is 0.489 e. The monoisotopic (exact) mass is 276 g/mol. The van der Waals surface area contributed by atoms with E-state index in [0.717, 1.165) is 22.3 Å². The van der Waals surface area contributed by atoms with Gasteiger partial charge in [-0.25, -0.2) is 0 Å². The molecule has 6 nitrogen and oxygen atoms in total. The van der Waals surface area contributed by atoms with Gasteiger partial charge in [-0.1, -0.05) is 0 Å². The van der Waals surface area contributed by atoms with Crippen LogP contribution < -0.4 is 15.4 Å². The zero-order valence-corrected chi connectivity index (χ0v) is 11.8. The zero-order chi connectivity index (χ0) is 14.3. The molecule has 2 aromatic rings. The number of rotatable bonds is 3. The Morgan fingerprint density at radius 3 is 3.05 bits per heavy atom. The van der Waals surface area contributed by atoms with Crippen molar-refractivity contribution in [1.82, 2.24) is 9.78 Å². The number of likely N-dealkylation sites (N-methyl/N-ethyl adjacent to an activating group) is 1. The van der Waals surface area contributed by atoms with Gasteiger partial charge in [0, 0.05) is 18.5 Å². The number of benzene rings is 1. The molecule has 0 saturated carbocycles. The molecule has 0 radical (unpaired) electrons. The van der Waals surface area contributed by atoms with E-state index in [4.69, 9.17) is 10.5 Å². The van der Waals surface area contributed by atoms with Crippen LogP contribution >= 0.6 is 0 Å². The van der Waals surface area contributed by atoms with Crippen molar-refractivity contribution in [2.24, 2.45) is 5.73 Å². The maximum Gasteiger partial charge on any atom is 0.144 e. The lowest BCUT2D eigenvalue weighted by molar-refractivity contribution is 0.191. The van der Waals surface area contributed by atoms with Gasteiger partial charge in [-0.05, 0) is 19.1 Å². The van der Waals surface area contributed by atoms with Crippen molar-refractivity contribution in [2.45, 2.75) is 25.6 Å². The molecule has 2 unspecified atom stereocenters. The second-order valence-corrected chi connectivity index (χ2v) is 5.41. The fourth-order valence-corrected chi connectivity index (χ4v) is 2.67. The van der Waals surface area contributed by atoms with E-state index in [1.54, 1.807) is 0 Å². The van der Waals surface area contributed by atoms with Crippen molar-refractivity contribution in [2.75, 3.05) is 25.2 Å². The van der Waals surface area contributed by atoms with E-state index in [1.165, 1.54) is 0 Å². The van der Waals surface area contributed by atoms with E-state index in [1.807, 2.05) is 37.0 Å². The van der Waals surface area contributed by atoms with E-state index < -0.39 is 0 Å². The summed E-state index contributed by atoms with van der Waals surface area (Å²) in [6, 6.07) is 3.95. The van der Waals surface area contributed by atoms with Crippen LogP contribution in [-0.2, 0) is 6.54 Å². The molecule has 3 rings (SSSR count). The van der Waals surface area contributed by atoms with Crippen LogP contribution in [-0.4, -0.2) is 47.2 Å². The fraction of sp³-hybridized carbons (Fsp3) is 0.500. The summed E-state index contributed by atoms with van der Waals surface area (Å²) in [7, 11) is 1.98. The van der Waals surface area contributed by atoms with Gasteiger partial charge in [-0.15, -0.1) is 0 Å². The molecule has 108 valence electrons. The first kappa shape index (κ1) is 13.2. The number of nitrogens with zero attached hydrogens (tertiary/aromatic N) is 3. The van der Waals surface area contributed by atoms with E-state index in [0.29, 0.717) is 13.2 Å². The van der Waals surface area contributed by atoms with Crippen molar-refractivity contribution < 1.29 is 9.84 Å². The summed E-state index contributed by atoms with van der Waals surface area (Å²) in [6.07, 6.45) is 1.84. The highest BCUT2D eigenvalue weighted by Crippen LogP contribution is 2.39. The Morgan fingerprint density at radius 1 is 1.55 bits per heavy atom. The molecule has 1 aromatic heterocycles. The molecule has 1 aliphatic rings. The van der Waals surface area contributed by atoms with Gasteiger partial charge in [-0.3, -0.25) is 4.68 Å². The Kier molecular flexibility index (Phi) is 3.27. The van der Waals surface area contributed by atoms with Gasteiger partial charge in [0.15, 0.2) is 0 Å². The van der Waals surface area contributed by atoms with Gasteiger partial charge in [-0.2, -0.15) is 5.10 Å². The van der Waals surface area contributed by atoms with Crippen LogP contribution in [0.4, 0.5) is 5.69 Å². The minimum absolute atomic E-state index is 0.0254. The lowest BCUT2D eigenvalue weighted by atomic mass is 10.1. The molecule has 1 aliphatic heterocycles. The van der Waals surface area contributed by atoms with Crippen LogP contribution in [0, 0.1) is 0 Å². The average Bonchev–Trinajstić information content (AvgIpc) is 2.81. The number of aromatic nitrogens is 2. The van der Waals surface area contributed by atoms with Crippen LogP contribution in [0.15, 0.2) is 18.3 Å². The molecule has 2 heterocycles. The second kappa shape index (κ2) is 4.96. The van der Waals surface area contributed by atoms with Crippen molar-refractivity contribution in [3.05, 3.63) is 18.3 Å². The standard InChI is InChI=1S/C14H20N4O2/c1-9(15)6-18-13-10(5-16-18)3-4-12-14(13)17(2)11(7-19)8-20-12/h3-5,9,11,19H,6-8,15H2,1-2H3. The average molecular weight is 276 g/mol. The Balaban J connectivity index is 2.17. The van der Waals surface area contributed by atoms with E-state index >= 15 is 0 Å². The highest BCUT2D eigenvalue weighted by atomic mass is 16.5. The van der Waals surface area contributed by atoms with Gasteiger partial charge in [0.2, 0.25) is 0 Å². The molecule has 20 heavy (non-hydrogen) atoms. The van der Waals surface area contributed by atoms with Gasteiger partial charge in [0.1, 0.15) is 18.0 Å². The molecule has 0 bridgehead atoms. The van der Waals surface area contributed by atoms with E-state index in [2.05, 4.69) is 10.00 Å². The number of hydrogen-bond donors (Lipinski definition) is 2.